The number of halogens is 1. The van der Waals surface area contributed by atoms with Crippen molar-refractivity contribution < 1.29 is 0 Å². The maximum Gasteiger partial charge on any atom is 0.101 e. The highest BCUT2D eigenvalue weighted by atomic mass is 35.5. The number of aromatic nitrogens is 4. The van der Waals surface area contributed by atoms with Crippen LogP contribution in [-0.4, -0.2) is 20.0 Å². The Hall–Kier alpha value is -1.94. The van der Waals surface area contributed by atoms with Crippen LogP contribution in [0, 0.1) is 0 Å². The summed E-state index contributed by atoms with van der Waals surface area (Å²) in [7, 11) is 0. The van der Waals surface area contributed by atoms with E-state index in [9.17, 15) is 0 Å². The van der Waals surface area contributed by atoms with Gasteiger partial charge < -0.3 is 0 Å². The molecule has 1 atom stereocenters. The van der Waals surface area contributed by atoms with Crippen LogP contribution in [0.4, 0.5) is 0 Å². The van der Waals surface area contributed by atoms with Gasteiger partial charge in [0, 0.05) is 11.6 Å². The Morgan fingerprint density at radius 1 is 1.22 bits per heavy atom. The van der Waals surface area contributed by atoms with Gasteiger partial charge in [0.1, 0.15) is 5.69 Å². The number of hydrogen-bond donors (Lipinski definition) is 0. The van der Waals surface area contributed by atoms with Crippen LogP contribution in [0.2, 0.25) is 0 Å². The SMILES string of the molecule is CC(Cl)c1cn(-c2cccc3cccnc23)nn1. The van der Waals surface area contributed by atoms with Crippen molar-refractivity contribution in [3.63, 3.8) is 0 Å². The highest BCUT2D eigenvalue weighted by Gasteiger charge is 2.10. The molecule has 0 fully saturated rings. The average Bonchev–Trinajstić information content (AvgIpc) is 2.87. The normalized spacial score (nSPS) is 12.8. The molecule has 4 nitrogen and oxygen atoms in total. The first-order valence-corrected chi connectivity index (χ1v) is 6.10. The Bertz CT molecular complexity index is 685. The summed E-state index contributed by atoms with van der Waals surface area (Å²) in [5.74, 6) is 0. The average molecular weight is 259 g/mol. The predicted octanol–water partition coefficient (Wildman–Crippen LogP) is 3.12. The molecule has 1 aromatic carbocycles. The zero-order valence-corrected chi connectivity index (χ0v) is 10.5. The second-order valence-corrected chi connectivity index (χ2v) is 4.71. The van der Waals surface area contributed by atoms with Gasteiger partial charge in [0.25, 0.3) is 0 Å². The molecule has 0 bridgehead atoms. The number of pyridine rings is 1. The zero-order chi connectivity index (χ0) is 12.5. The smallest absolute Gasteiger partial charge is 0.101 e. The Labute approximate surface area is 109 Å². The van der Waals surface area contributed by atoms with Gasteiger partial charge in [0.05, 0.1) is 22.8 Å². The van der Waals surface area contributed by atoms with Gasteiger partial charge in [-0.1, -0.05) is 23.4 Å². The van der Waals surface area contributed by atoms with Gasteiger partial charge in [-0.25, -0.2) is 4.68 Å². The van der Waals surface area contributed by atoms with E-state index in [1.807, 2.05) is 43.5 Å². The summed E-state index contributed by atoms with van der Waals surface area (Å²) >= 11 is 5.99. The third-order valence-corrected chi connectivity index (χ3v) is 3.00. The fraction of sp³-hybridized carbons (Fsp3) is 0.154. The van der Waals surface area contributed by atoms with Gasteiger partial charge >= 0.3 is 0 Å². The lowest BCUT2D eigenvalue weighted by Gasteiger charge is -2.04. The van der Waals surface area contributed by atoms with Crippen LogP contribution in [0.25, 0.3) is 16.6 Å². The van der Waals surface area contributed by atoms with E-state index in [0.29, 0.717) is 0 Å². The van der Waals surface area contributed by atoms with Crippen LogP contribution in [0.5, 0.6) is 0 Å². The molecule has 0 aliphatic heterocycles. The van der Waals surface area contributed by atoms with E-state index in [1.54, 1.807) is 10.9 Å². The summed E-state index contributed by atoms with van der Waals surface area (Å²) in [5, 5.41) is 9.08. The van der Waals surface area contributed by atoms with Crippen LogP contribution in [0.15, 0.2) is 42.7 Å². The number of fused-ring (bicyclic) bond motifs is 1. The van der Waals surface area contributed by atoms with Crippen molar-refractivity contribution in [2.75, 3.05) is 0 Å². The van der Waals surface area contributed by atoms with Crippen molar-refractivity contribution in [3.05, 3.63) is 48.4 Å². The molecule has 18 heavy (non-hydrogen) atoms. The minimum atomic E-state index is -0.151. The van der Waals surface area contributed by atoms with Crippen molar-refractivity contribution in [2.45, 2.75) is 12.3 Å². The highest BCUT2D eigenvalue weighted by molar-refractivity contribution is 6.20. The second-order valence-electron chi connectivity index (χ2n) is 4.06. The summed E-state index contributed by atoms with van der Waals surface area (Å²) < 4.78 is 1.71. The van der Waals surface area contributed by atoms with Gasteiger partial charge in [-0.3, -0.25) is 4.98 Å². The molecule has 0 spiro atoms. The molecule has 0 aliphatic carbocycles. The molecule has 3 aromatic rings. The lowest BCUT2D eigenvalue weighted by atomic mass is 10.2. The van der Waals surface area contributed by atoms with Crippen molar-refractivity contribution in [2.24, 2.45) is 0 Å². The Kier molecular flexibility index (Phi) is 2.72. The minimum Gasteiger partial charge on any atom is -0.254 e. The summed E-state index contributed by atoms with van der Waals surface area (Å²) in [6, 6.07) is 9.90. The first kappa shape index (κ1) is 11.2. The summed E-state index contributed by atoms with van der Waals surface area (Å²) in [6.07, 6.45) is 3.61. The molecule has 90 valence electrons. The Morgan fingerprint density at radius 3 is 2.83 bits per heavy atom. The minimum absolute atomic E-state index is 0.151. The van der Waals surface area contributed by atoms with E-state index >= 15 is 0 Å². The quantitative estimate of drug-likeness (QED) is 0.664. The standard InChI is InChI=1S/C13H11ClN4/c1-9(14)11-8-18(17-16-11)12-6-2-4-10-5-3-7-15-13(10)12/h2-9H,1H3. The monoisotopic (exact) mass is 258 g/mol. The number of hydrogen-bond acceptors (Lipinski definition) is 3. The molecule has 2 heterocycles. The van der Waals surface area contributed by atoms with Crippen LogP contribution in [-0.2, 0) is 0 Å². The molecule has 3 rings (SSSR count). The van der Waals surface area contributed by atoms with Gasteiger partial charge in [0.2, 0.25) is 0 Å². The van der Waals surface area contributed by atoms with E-state index in [0.717, 1.165) is 22.3 Å². The fourth-order valence-corrected chi connectivity index (χ4v) is 1.95. The van der Waals surface area contributed by atoms with Crippen molar-refractivity contribution in [1.82, 2.24) is 20.0 Å². The Balaban J connectivity index is 2.18. The highest BCUT2D eigenvalue weighted by Crippen LogP contribution is 2.21. The fourth-order valence-electron chi connectivity index (χ4n) is 1.85. The molecule has 0 N–H and O–H groups in total. The van der Waals surface area contributed by atoms with Gasteiger partial charge in [-0.15, -0.1) is 16.7 Å². The van der Waals surface area contributed by atoms with E-state index in [4.69, 9.17) is 11.6 Å². The molecule has 0 radical (unpaired) electrons. The van der Waals surface area contributed by atoms with E-state index in [-0.39, 0.29) is 5.38 Å². The third-order valence-electron chi connectivity index (χ3n) is 2.78. The van der Waals surface area contributed by atoms with Crippen molar-refractivity contribution >= 4 is 22.5 Å². The Morgan fingerprint density at radius 2 is 2.06 bits per heavy atom. The number of rotatable bonds is 2. The van der Waals surface area contributed by atoms with Gasteiger partial charge in [-0.05, 0) is 19.1 Å². The van der Waals surface area contributed by atoms with E-state index < -0.39 is 0 Å². The molecule has 5 heteroatoms. The second kappa shape index (κ2) is 4.38. The molecule has 2 aromatic heterocycles. The lowest BCUT2D eigenvalue weighted by molar-refractivity contribution is 0.799. The van der Waals surface area contributed by atoms with Crippen LogP contribution in [0.3, 0.4) is 0 Å². The van der Waals surface area contributed by atoms with E-state index in [1.165, 1.54) is 0 Å². The maximum atomic E-state index is 5.99. The van der Waals surface area contributed by atoms with Crippen LogP contribution in [0.1, 0.15) is 18.0 Å². The molecule has 0 aliphatic rings. The summed E-state index contributed by atoms with van der Waals surface area (Å²) in [6.45, 7) is 1.87. The van der Waals surface area contributed by atoms with Gasteiger partial charge in [-0.2, -0.15) is 0 Å². The number of benzene rings is 1. The molecular formula is C13H11ClN4. The maximum absolute atomic E-state index is 5.99. The molecule has 0 saturated carbocycles. The third kappa shape index (κ3) is 1.84. The van der Waals surface area contributed by atoms with Crippen molar-refractivity contribution in [3.8, 4) is 5.69 Å². The number of para-hydroxylation sites is 1. The molecule has 0 amide bonds. The zero-order valence-electron chi connectivity index (χ0n) is 9.79. The van der Waals surface area contributed by atoms with Crippen LogP contribution < -0.4 is 0 Å². The first-order chi connectivity index (χ1) is 8.75. The molecular weight excluding hydrogens is 248 g/mol. The number of nitrogens with zero attached hydrogens (tertiary/aromatic N) is 4. The predicted molar refractivity (Wildman–Crippen MR) is 70.9 cm³/mol. The topological polar surface area (TPSA) is 43.6 Å². The summed E-state index contributed by atoms with van der Waals surface area (Å²) in [5.41, 5.74) is 2.56. The molecule has 1 unspecified atom stereocenters. The first-order valence-electron chi connectivity index (χ1n) is 5.66. The van der Waals surface area contributed by atoms with Crippen molar-refractivity contribution in [1.29, 1.82) is 0 Å². The van der Waals surface area contributed by atoms with Gasteiger partial charge in [0.15, 0.2) is 0 Å². The van der Waals surface area contributed by atoms with E-state index in [2.05, 4.69) is 15.3 Å². The largest absolute Gasteiger partial charge is 0.254 e. The number of alkyl halides is 1. The lowest BCUT2D eigenvalue weighted by Crippen LogP contribution is -1.97. The summed E-state index contributed by atoms with van der Waals surface area (Å²) in [4.78, 5) is 4.39. The van der Waals surface area contributed by atoms with Crippen LogP contribution >= 0.6 is 11.6 Å². The molecule has 0 saturated heterocycles.